The normalized spacial score (nSPS) is 22.3. The number of carbonyl (C=O) groups excluding carboxylic acids is 1. The molecule has 0 bridgehead atoms. The largest absolute Gasteiger partial charge is 0.273 e. The maximum Gasteiger partial charge on any atom is 0.266 e. The Bertz CT molecular complexity index is 1180. The van der Waals surface area contributed by atoms with Crippen molar-refractivity contribution in [2.24, 2.45) is 11.8 Å². The molecule has 0 saturated carbocycles. The molecule has 1 amide bonds. The average molecular weight is 432 g/mol. The zero-order chi connectivity index (χ0) is 20.8. The van der Waals surface area contributed by atoms with Crippen LogP contribution >= 0.6 is 0 Å². The minimum absolute atomic E-state index is 0.00135. The molecule has 1 saturated heterocycles. The second kappa shape index (κ2) is 7.11. The summed E-state index contributed by atoms with van der Waals surface area (Å²) in [6.45, 7) is 1.85. The molecule has 1 aliphatic carbocycles. The zero-order valence-electron chi connectivity index (χ0n) is 15.9. The van der Waals surface area contributed by atoms with Gasteiger partial charge in [0.25, 0.3) is 10.0 Å². The zero-order valence-corrected chi connectivity index (χ0v) is 17.5. The highest BCUT2D eigenvalue weighted by Crippen LogP contribution is 2.43. The fourth-order valence-electron chi connectivity index (χ4n) is 4.01. The number of sulfonamides is 1. The van der Waals surface area contributed by atoms with E-state index in [2.05, 4.69) is 0 Å². The molecule has 29 heavy (non-hydrogen) atoms. The van der Waals surface area contributed by atoms with Crippen LogP contribution in [0, 0.1) is 18.8 Å². The van der Waals surface area contributed by atoms with Gasteiger partial charge in [0.2, 0.25) is 15.7 Å². The van der Waals surface area contributed by atoms with E-state index in [0.717, 1.165) is 9.87 Å². The molecule has 4 rings (SSSR count). The predicted molar refractivity (Wildman–Crippen MR) is 108 cm³/mol. The number of amides is 1. The lowest BCUT2D eigenvalue weighted by molar-refractivity contribution is -0.126. The quantitative estimate of drug-likeness (QED) is 0.743. The van der Waals surface area contributed by atoms with E-state index in [1.807, 2.05) is 6.92 Å². The summed E-state index contributed by atoms with van der Waals surface area (Å²) < 4.78 is 53.3. The summed E-state index contributed by atoms with van der Waals surface area (Å²) in [5.41, 5.74) is 0.907. The fraction of sp³-hybridized carbons (Fsp3) is 0.286. The molecule has 2 aromatic carbocycles. The van der Waals surface area contributed by atoms with Gasteiger partial charge in [0.15, 0.2) is 0 Å². The molecule has 8 heteroatoms. The second-order valence-corrected chi connectivity index (χ2v) is 11.2. The van der Waals surface area contributed by atoms with Crippen LogP contribution in [0.2, 0.25) is 0 Å². The molecule has 1 heterocycles. The molecule has 1 fully saturated rings. The lowest BCUT2D eigenvalue weighted by Gasteiger charge is -2.23. The highest BCUT2D eigenvalue weighted by molar-refractivity contribution is 7.95. The molecular formula is C21H21NO5S2. The highest BCUT2D eigenvalue weighted by atomic mass is 32.2. The van der Waals surface area contributed by atoms with E-state index in [1.54, 1.807) is 36.4 Å². The van der Waals surface area contributed by atoms with Crippen molar-refractivity contribution in [1.82, 2.24) is 4.31 Å². The lowest BCUT2D eigenvalue weighted by Crippen LogP contribution is -2.34. The lowest BCUT2D eigenvalue weighted by atomic mass is 9.86. The second-order valence-electron chi connectivity index (χ2n) is 7.43. The van der Waals surface area contributed by atoms with Crippen molar-refractivity contribution in [3.05, 3.63) is 71.1 Å². The Labute approximate surface area is 170 Å². The number of sulfone groups is 1. The summed E-state index contributed by atoms with van der Waals surface area (Å²) in [6, 6.07) is 14.2. The number of fused-ring (bicyclic) bond motifs is 1. The topological polar surface area (TPSA) is 88.6 Å². The number of nitrogens with zero attached hydrogens (tertiary/aromatic N) is 1. The van der Waals surface area contributed by atoms with Gasteiger partial charge in [-0.25, -0.2) is 21.1 Å². The number of hydrogen-bond acceptors (Lipinski definition) is 5. The van der Waals surface area contributed by atoms with E-state index in [9.17, 15) is 21.6 Å². The van der Waals surface area contributed by atoms with E-state index in [1.165, 1.54) is 24.3 Å². The summed E-state index contributed by atoms with van der Waals surface area (Å²) >= 11 is 0. The van der Waals surface area contributed by atoms with Crippen LogP contribution in [0.3, 0.4) is 0 Å². The van der Waals surface area contributed by atoms with Gasteiger partial charge in [-0.1, -0.05) is 42.0 Å². The summed E-state index contributed by atoms with van der Waals surface area (Å²) in [4.78, 5) is 13.3. The van der Waals surface area contributed by atoms with Crippen molar-refractivity contribution in [2.45, 2.75) is 29.6 Å². The molecule has 0 aromatic heterocycles. The van der Waals surface area contributed by atoms with Gasteiger partial charge in [-0.15, -0.1) is 0 Å². The molecule has 2 aliphatic rings. The minimum atomic E-state index is -4.03. The summed E-state index contributed by atoms with van der Waals surface area (Å²) in [6.07, 6.45) is 2.64. The molecule has 0 spiro atoms. The maximum atomic E-state index is 13.2. The molecule has 0 unspecified atom stereocenters. The van der Waals surface area contributed by atoms with Crippen molar-refractivity contribution < 1.29 is 21.6 Å². The first-order valence-electron chi connectivity index (χ1n) is 9.36. The van der Waals surface area contributed by atoms with E-state index in [4.69, 9.17) is 0 Å². The Morgan fingerprint density at radius 3 is 2.21 bits per heavy atom. The Morgan fingerprint density at radius 1 is 0.897 bits per heavy atom. The number of hydrogen-bond donors (Lipinski definition) is 0. The number of allylic oxidation sites excluding steroid dienone is 1. The third-order valence-electron chi connectivity index (χ3n) is 5.55. The van der Waals surface area contributed by atoms with Gasteiger partial charge in [0.1, 0.15) is 0 Å². The van der Waals surface area contributed by atoms with Gasteiger partial charge < -0.3 is 0 Å². The van der Waals surface area contributed by atoms with Crippen molar-refractivity contribution in [2.75, 3.05) is 6.54 Å². The van der Waals surface area contributed by atoms with Crippen molar-refractivity contribution in [1.29, 1.82) is 0 Å². The molecule has 0 radical (unpaired) electrons. The van der Waals surface area contributed by atoms with Crippen molar-refractivity contribution in [3.63, 3.8) is 0 Å². The van der Waals surface area contributed by atoms with Crippen LogP contribution < -0.4 is 0 Å². The van der Waals surface area contributed by atoms with Crippen LogP contribution in [0.4, 0.5) is 0 Å². The minimum Gasteiger partial charge on any atom is -0.273 e. The Balaban J connectivity index is 1.72. The van der Waals surface area contributed by atoms with Crippen LogP contribution in [0.15, 0.2) is 75.4 Å². The monoisotopic (exact) mass is 431 g/mol. The molecule has 1 aliphatic heterocycles. The van der Waals surface area contributed by atoms with Crippen molar-refractivity contribution >= 4 is 25.8 Å². The van der Waals surface area contributed by atoms with E-state index < -0.39 is 31.7 Å². The molecule has 2 atom stereocenters. The molecule has 152 valence electrons. The first-order chi connectivity index (χ1) is 13.7. The van der Waals surface area contributed by atoms with Crippen LogP contribution in [-0.2, 0) is 24.7 Å². The van der Waals surface area contributed by atoms with Crippen molar-refractivity contribution in [3.8, 4) is 0 Å². The van der Waals surface area contributed by atoms with Crippen LogP contribution in [0.5, 0.6) is 0 Å². The van der Waals surface area contributed by atoms with Gasteiger partial charge in [0.05, 0.1) is 20.6 Å². The Kier molecular flexibility index (Phi) is 4.86. The average Bonchev–Trinajstić information content (AvgIpc) is 3.06. The Hall–Kier alpha value is -2.45. The highest BCUT2D eigenvalue weighted by Gasteiger charge is 2.51. The van der Waals surface area contributed by atoms with Gasteiger partial charge >= 0.3 is 0 Å². The van der Waals surface area contributed by atoms with E-state index >= 15 is 0 Å². The fourth-order valence-corrected chi connectivity index (χ4v) is 7.24. The number of aryl methyl sites for hydroxylation is 1. The van der Waals surface area contributed by atoms with Crippen LogP contribution in [-0.4, -0.2) is 33.6 Å². The molecule has 6 nitrogen and oxygen atoms in total. The first kappa shape index (κ1) is 19.8. The maximum absolute atomic E-state index is 13.2. The SMILES string of the molecule is Cc1ccc(S(=O)(=O)N2C[C@H]3CCC=C(S(=O)(=O)c4ccccc4)[C@H]3C2=O)cc1. The van der Waals surface area contributed by atoms with E-state index in [-0.39, 0.29) is 27.2 Å². The molecule has 2 aromatic rings. The summed E-state index contributed by atoms with van der Waals surface area (Å²) in [5, 5.41) is 0. The van der Waals surface area contributed by atoms with Gasteiger partial charge in [-0.05, 0) is 49.9 Å². The third kappa shape index (κ3) is 3.30. The summed E-state index contributed by atoms with van der Waals surface area (Å²) in [5.74, 6) is -1.98. The number of carbonyl (C=O) groups is 1. The van der Waals surface area contributed by atoms with Gasteiger partial charge in [0, 0.05) is 6.54 Å². The third-order valence-corrected chi connectivity index (χ3v) is 9.26. The number of rotatable bonds is 4. The molecular weight excluding hydrogens is 410 g/mol. The Morgan fingerprint density at radius 2 is 1.55 bits per heavy atom. The number of benzene rings is 2. The van der Waals surface area contributed by atoms with Crippen LogP contribution in [0.25, 0.3) is 0 Å². The first-order valence-corrected chi connectivity index (χ1v) is 12.3. The summed E-state index contributed by atoms with van der Waals surface area (Å²) in [7, 11) is -7.90. The predicted octanol–water partition coefficient (Wildman–Crippen LogP) is 2.91. The molecule has 0 N–H and O–H groups in total. The van der Waals surface area contributed by atoms with Gasteiger partial charge in [-0.2, -0.15) is 0 Å². The smallest absolute Gasteiger partial charge is 0.266 e. The van der Waals surface area contributed by atoms with Crippen LogP contribution in [0.1, 0.15) is 18.4 Å². The van der Waals surface area contributed by atoms with Gasteiger partial charge in [-0.3, -0.25) is 4.79 Å². The standard InChI is InChI=1S/C21H21NO5S2/c1-15-10-12-18(13-11-15)29(26,27)22-14-16-6-5-9-19(20(16)21(22)23)28(24,25)17-7-3-2-4-8-17/h2-4,7-13,16,20H,5-6,14H2,1H3/t16-,20+/m1/s1. The van der Waals surface area contributed by atoms with E-state index in [0.29, 0.717) is 12.8 Å².